The molecule has 1 aliphatic heterocycles. The number of aliphatic hydroxyl groups is 2. The van der Waals surface area contributed by atoms with E-state index < -0.39 is 47.5 Å². The van der Waals surface area contributed by atoms with Crippen LogP contribution in [0.2, 0.25) is 0 Å². The van der Waals surface area contributed by atoms with Gasteiger partial charge in [-0.05, 0) is 19.3 Å². The van der Waals surface area contributed by atoms with Crippen LogP contribution in [0.1, 0.15) is 47.0 Å². The number of hydrogen-bond donors (Lipinski definition) is 4. The van der Waals surface area contributed by atoms with Gasteiger partial charge in [-0.1, -0.05) is 20.8 Å². The predicted octanol–water partition coefficient (Wildman–Crippen LogP) is 0.202. The van der Waals surface area contributed by atoms with E-state index >= 15 is 0 Å². The molecule has 0 aliphatic carbocycles. The molecule has 0 spiro atoms. The molecule has 0 amide bonds. The summed E-state index contributed by atoms with van der Waals surface area (Å²) in [6.45, 7) is 7.30. The van der Waals surface area contributed by atoms with E-state index in [-0.39, 0.29) is 12.5 Å². The van der Waals surface area contributed by atoms with Crippen LogP contribution < -0.4 is 0 Å². The zero-order chi connectivity index (χ0) is 18.9. The molecule has 3 unspecified atom stereocenters. The van der Waals surface area contributed by atoms with Crippen LogP contribution in [0.4, 0.5) is 0 Å². The lowest BCUT2D eigenvalue weighted by Crippen LogP contribution is -2.62. The van der Waals surface area contributed by atoms with E-state index in [1.54, 1.807) is 0 Å². The van der Waals surface area contributed by atoms with Crippen molar-refractivity contribution in [1.29, 1.82) is 0 Å². The highest BCUT2D eigenvalue weighted by molar-refractivity contribution is 5.88. The molecular weight excluding hydrogens is 322 g/mol. The topological polar surface area (TPSA) is 145 Å². The van der Waals surface area contributed by atoms with Gasteiger partial charge in [-0.3, -0.25) is 9.59 Å². The van der Waals surface area contributed by atoms with E-state index in [1.165, 1.54) is 6.92 Å². The third kappa shape index (κ3) is 3.85. The number of piperidine rings is 1. The fourth-order valence-corrected chi connectivity index (χ4v) is 2.67. The molecule has 4 N–H and O–H groups in total. The van der Waals surface area contributed by atoms with Gasteiger partial charge in [0.25, 0.3) is 0 Å². The van der Waals surface area contributed by atoms with Crippen molar-refractivity contribution in [2.75, 3.05) is 6.54 Å². The van der Waals surface area contributed by atoms with E-state index in [9.17, 15) is 24.6 Å². The number of hydroxylamine groups is 2. The standard InChI is InChI=1S/C15H25NO8/c1-9-5-6-16(14(4,22)13(9,2)3)24-11(19)8-15(23,12(20)21)7-10(17)18/h9,22-23H,5-8H2,1-4H3,(H,17,18)(H,20,21). The van der Waals surface area contributed by atoms with Crippen LogP contribution >= 0.6 is 0 Å². The Morgan fingerprint density at radius 1 is 1.21 bits per heavy atom. The summed E-state index contributed by atoms with van der Waals surface area (Å²) in [6, 6.07) is 0. The highest BCUT2D eigenvalue weighted by atomic mass is 16.7. The van der Waals surface area contributed by atoms with Crippen molar-refractivity contribution < 1.29 is 39.6 Å². The maximum absolute atomic E-state index is 12.0. The first-order valence-electron chi connectivity index (χ1n) is 7.62. The summed E-state index contributed by atoms with van der Waals surface area (Å²) in [7, 11) is 0. The first kappa shape index (κ1) is 20.3. The highest BCUT2D eigenvalue weighted by Gasteiger charge is 2.53. The normalized spacial score (nSPS) is 29.5. The molecule has 1 heterocycles. The molecule has 1 rings (SSSR count). The second-order valence-corrected chi connectivity index (χ2v) is 7.08. The molecular formula is C15H25NO8. The Morgan fingerprint density at radius 2 is 1.75 bits per heavy atom. The van der Waals surface area contributed by atoms with Crippen LogP contribution in [0.25, 0.3) is 0 Å². The first-order chi connectivity index (χ1) is 10.7. The zero-order valence-corrected chi connectivity index (χ0v) is 14.3. The number of rotatable bonds is 6. The molecule has 0 aromatic carbocycles. The smallest absolute Gasteiger partial charge is 0.336 e. The van der Waals surface area contributed by atoms with Crippen LogP contribution in [-0.2, 0) is 19.2 Å². The second kappa shape index (κ2) is 6.66. The van der Waals surface area contributed by atoms with Crippen molar-refractivity contribution in [3.05, 3.63) is 0 Å². The fourth-order valence-electron chi connectivity index (χ4n) is 2.67. The lowest BCUT2D eigenvalue weighted by Gasteiger charge is -2.53. The number of carbonyl (C=O) groups excluding carboxylic acids is 1. The lowest BCUT2D eigenvalue weighted by molar-refractivity contribution is -0.330. The molecule has 1 saturated heterocycles. The predicted molar refractivity (Wildman–Crippen MR) is 80.4 cm³/mol. The molecule has 1 aliphatic rings. The summed E-state index contributed by atoms with van der Waals surface area (Å²) in [6.07, 6.45) is -1.55. The summed E-state index contributed by atoms with van der Waals surface area (Å²) < 4.78 is 0. The molecule has 9 nitrogen and oxygen atoms in total. The molecule has 0 aromatic heterocycles. The van der Waals surface area contributed by atoms with Crippen LogP contribution in [-0.4, -0.2) is 61.3 Å². The monoisotopic (exact) mass is 347 g/mol. The number of hydrogen-bond acceptors (Lipinski definition) is 7. The number of carbonyl (C=O) groups is 3. The quantitative estimate of drug-likeness (QED) is 0.529. The molecule has 138 valence electrons. The van der Waals surface area contributed by atoms with E-state index in [4.69, 9.17) is 15.1 Å². The number of carboxylic acid groups (broad SMARTS) is 2. The molecule has 24 heavy (non-hydrogen) atoms. The van der Waals surface area contributed by atoms with E-state index in [0.717, 1.165) is 5.06 Å². The fraction of sp³-hybridized carbons (Fsp3) is 0.800. The van der Waals surface area contributed by atoms with E-state index in [0.29, 0.717) is 6.42 Å². The van der Waals surface area contributed by atoms with Crippen molar-refractivity contribution in [3.8, 4) is 0 Å². The maximum atomic E-state index is 12.0. The molecule has 0 saturated carbocycles. The summed E-state index contributed by atoms with van der Waals surface area (Å²) in [4.78, 5) is 38.8. The van der Waals surface area contributed by atoms with Gasteiger partial charge in [0.2, 0.25) is 0 Å². The Kier molecular flexibility index (Phi) is 5.64. The first-order valence-corrected chi connectivity index (χ1v) is 7.62. The van der Waals surface area contributed by atoms with Crippen molar-refractivity contribution in [2.24, 2.45) is 11.3 Å². The van der Waals surface area contributed by atoms with Gasteiger partial charge in [0.05, 0.1) is 12.8 Å². The number of nitrogens with zero attached hydrogens (tertiary/aromatic N) is 1. The average molecular weight is 347 g/mol. The van der Waals surface area contributed by atoms with Gasteiger partial charge >= 0.3 is 17.9 Å². The minimum absolute atomic E-state index is 0.144. The van der Waals surface area contributed by atoms with Crippen molar-refractivity contribution in [3.63, 3.8) is 0 Å². The zero-order valence-electron chi connectivity index (χ0n) is 14.3. The number of carboxylic acids is 2. The number of aliphatic carboxylic acids is 2. The van der Waals surface area contributed by atoms with Gasteiger partial charge in [-0.2, -0.15) is 0 Å². The Hall–Kier alpha value is -1.71. The van der Waals surface area contributed by atoms with Gasteiger partial charge in [0, 0.05) is 12.0 Å². The van der Waals surface area contributed by atoms with Crippen LogP contribution in [0.5, 0.6) is 0 Å². The molecule has 0 bridgehead atoms. The van der Waals surface area contributed by atoms with Crippen molar-refractivity contribution in [2.45, 2.75) is 58.3 Å². The van der Waals surface area contributed by atoms with Crippen molar-refractivity contribution >= 4 is 17.9 Å². The molecule has 1 fully saturated rings. The third-order valence-electron chi connectivity index (χ3n) is 5.19. The Labute approximate surface area is 139 Å². The summed E-state index contributed by atoms with van der Waals surface area (Å²) in [5.41, 5.74) is -4.89. The average Bonchev–Trinajstić information content (AvgIpc) is 2.39. The van der Waals surface area contributed by atoms with E-state index in [2.05, 4.69) is 0 Å². The van der Waals surface area contributed by atoms with E-state index in [1.807, 2.05) is 20.8 Å². The third-order valence-corrected chi connectivity index (χ3v) is 5.19. The lowest BCUT2D eigenvalue weighted by atomic mass is 9.68. The van der Waals surface area contributed by atoms with Crippen LogP contribution in [0.3, 0.4) is 0 Å². The Bertz CT molecular complexity index is 530. The van der Waals surface area contributed by atoms with Gasteiger partial charge < -0.3 is 25.3 Å². The van der Waals surface area contributed by atoms with Crippen molar-refractivity contribution in [1.82, 2.24) is 5.06 Å². The van der Waals surface area contributed by atoms with Crippen LogP contribution in [0.15, 0.2) is 0 Å². The van der Waals surface area contributed by atoms with Gasteiger partial charge in [0.15, 0.2) is 11.3 Å². The summed E-state index contributed by atoms with van der Waals surface area (Å²) >= 11 is 0. The summed E-state index contributed by atoms with van der Waals surface area (Å²) in [5.74, 6) is -4.38. The molecule has 0 radical (unpaired) electrons. The Morgan fingerprint density at radius 3 is 2.21 bits per heavy atom. The summed E-state index contributed by atoms with van der Waals surface area (Å²) in [5, 5.41) is 39.3. The highest BCUT2D eigenvalue weighted by Crippen LogP contribution is 2.45. The second-order valence-electron chi connectivity index (χ2n) is 7.08. The maximum Gasteiger partial charge on any atom is 0.336 e. The minimum atomic E-state index is -2.77. The molecule has 3 atom stereocenters. The van der Waals surface area contributed by atoms with Gasteiger partial charge in [-0.15, -0.1) is 5.06 Å². The minimum Gasteiger partial charge on any atom is -0.481 e. The SMILES string of the molecule is CC1CCN(OC(=O)CC(O)(CC(=O)O)C(=O)O)C(C)(O)C1(C)C. The van der Waals surface area contributed by atoms with Gasteiger partial charge in [-0.25, -0.2) is 4.79 Å². The largest absolute Gasteiger partial charge is 0.481 e. The van der Waals surface area contributed by atoms with Crippen LogP contribution in [0, 0.1) is 11.3 Å². The van der Waals surface area contributed by atoms with Gasteiger partial charge in [0.1, 0.15) is 0 Å². The molecule has 0 aromatic rings. The molecule has 9 heteroatoms. The Balaban J connectivity index is 2.87.